The van der Waals surface area contributed by atoms with E-state index in [9.17, 15) is 9.59 Å². The number of thiophene rings is 1. The van der Waals surface area contributed by atoms with Crippen LogP contribution in [0.25, 0.3) is 22.6 Å². The maximum absolute atomic E-state index is 13.4. The Morgan fingerprint density at radius 1 is 0.730 bits per heavy atom. The fourth-order valence-electron chi connectivity index (χ4n) is 3.96. The van der Waals surface area contributed by atoms with Gasteiger partial charge in [-0.05, 0) is 52.0 Å². The number of quaternary nitrogens is 2. The number of likely N-dealkylation sites (N-methyl/N-ethyl adjacent to an activating group) is 2. The Bertz CT molecular complexity index is 1050. The van der Waals surface area contributed by atoms with E-state index in [0.29, 0.717) is 45.5 Å². The Morgan fingerprint density at radius 3 is 1.41 bits per heavy atom. The number of rotatable bonds is 14. The molecule has 0 aromatic carbocycles. The van der Waals surface area contributed by atoms with E-state index >= 15 is 0 Å². The number of furan rings is 2. The summed E-state index contributed by atoms with van der Waals surface area (Å²) in [7, 11) is 4.27. The summed E-state index contributed by atoms with van der Waals surface area (Å²) in [5, 5.41) is 0. The highest BCUT2D eigenvalue weighted by molar-refractivity contribution is 7.17. The topological polar surface area (TPSA) is 78.9 Å². The summed E-state index contributed by atoms with van der Waals surface area (Å²) in [6.45, 7) is 14.2. The summed E-state index contributed by atoms with van der Waals surface area (Å²) in [5.74, 6) is -0.0818. The van der Waals surface area contributed by atoms with Crippen LogP contribution >= 0.6 is 11.3 Å². The minimum Gasteiger partial charge on any atom is -0.464 e. The van der Waals surface area contributed by atoms with Crippen LogP contribution in [0.15, 0.2) is 45.6 Å². The molecule has 3 heterocycles. The van der Waals surface area contributed by atoms with E-state index in [0.717, 1.165) is 46.5 Å². The molecule has 0 aliphatic heterocycles. The van der Waals surface area contributed by atoms with Crippen molar-refractivity contribution in [3.63, 3.8) is 0 Å². The fourth-order valence-corrected chi connectivity index (χ4v) is 5.06. The van der Waals surface area contributed by atoms with Crippen molar-refractivity contribution < 1.29 is 36.9 Å². The second kappa shape index (κ2) is 12.6. The number of carbonyl (C=O) groups is 2. The molecule has 0 fully saturated rings. The zero-order valence-electron chi connectivity index (χ0n) is 22.9. The van der Waals surface area contributed by atoms with Gasteiger partial charge in [-0.2, -0.15) is 0 Å². The van der Waals surface area contributed by atoms with Crippen molar-refractivity contribution in [3.05, 3.63) is 46.5 Å². The Hall–Kier alpha value is -2.88. The van der Waals surface area contributed by atoms with Crippen LogP contribution in [-0.4, -0.2) is 87.5 Å². The van der Waals surface area contributed by atoms with Crippen LogP contribution in [-0.2, 0) is 9.47 Å². The summed E-state index contributed by atoms with van der Waals surface area (Å²) in [5.41, 5.74) is 0.959. The first-order chi connectivity index (χ1) is 17.7. The number of nitrogens with zero attached hydrogens (tertiary/aromatic N) is 2. The number of hydrogen-bond donors (Lipinski definition) is 0. The van der Waals surface area contributed by atoms with Crippen molar-refractivity contribution in [3.8, 4) is 22.6 Å². The summed E-state index contributed by atoms with van der Waals surface area (Å²) in [6.07, 6.45) is 3.07. The first-order valence-electron chi connectivity index (χ1n) is 13.0. The Morgan fingerprint density at radius 2 is 1.11 bits per heavy atom. The molecule has 0 saturated heterocycles. The summed E-state index contributed by atoms with van der Waals surface area (Å²) in [6, 6.07) is 7.00. The monoisotopic (exact) mass is 532 g/mol. The number of carbonyl (C=O) groups excluding carboxylic acids is 2. The third kappa shape index (κ3) is 6.71. The predicted octanol–water partition coefficient (Wildman–Crippen LogP) is 5.55. The molecule has 3 rings (SSSR count). The van der Waals surface area contributed by atoms with Gasteiger partial charge in [0.15, 0.2) is 0 Å². The minimum atomic E-state index is -0.497. The van der Waals surface area contributed by atoms with E-state index in [4.69, 9.17) is 18.3 Å². The molecular weight excluding hydrogens is 492 g/mol. The Balaban J connectivity index is 1.95. The van der Waals surface area contributed by atoms with Crippen molar-refractivity contribution in [2.24, 2.45) is 0 Å². The number of ether oxygens (including phenoxy) is 2. The van der Waals surface area contributed by atoms with Gasteiger partial charge in [-0.1, -0.05) is 0 Å². The third-order valence-electron chi connectivity index (χ3n) is 7.60. The van der Waals surface area contributed by atoms with Gasteiger partial charge in [0.05, 0.1) is 63.9 Å². The fraction of sp³-hybridized carbons (Fsp3) is 0.500. The normalized spacial score (nSPS) is 12.1. The van der Waals surface area contributed by atoms with E-state index in [-0.39, 0.29) is 13.2 Å². The molecule has 0 aliphatic carbocycles. The lowest BCUT2D eigenvalue weighted by molar-refractivity contribution is -0.906. The standard InChI is InChI=1S/C28H40N2O6S/c1-7-29(5,8-2)15-19-35-27(31)25-23(21-13-11-17-33-21)24(22-14-12-18-34-22)26(37-25)28(32)36-20-16-30(6,9-3)10-4/h11-14,17-18H,7-10,15-16,19-20H2,1-6H3/q+2. The summed E-state index contributed by atoms with van der Waals surface area (Å²) >= 11 is 1.06. The summed E-state index contributed by atoms with van der Waals surface area (Å²) < 4.78 is 24.4. The average molecular weight is 533 g/mol. The highest BCUT2D eigenvalue weighted by Crippen LogP contribution is 2.44. The van der Waals surface area contributed by atoms with E-state index in [1.807, 2.05) is 0 Å². The van der Waals surface area contributed by atoms with E-state index in [1.165, 1.54) is 12.5 Å². The van der Waals surface area contributed by atoms with Crippen molar-refractivity contribution in [2.75, 3.05) is 66.6 Å². The second-order valence-corrected chi connectivity index (χ2v) is 10.7. The van der Waals surface area contributed by atoms with Crippen molar-refractivity contribution in [1.29, 1.82) is 0 Å². The van der Waals surface area contributed by atoms with Gasteiger partial charge in [0.2, 0.25) is 0 Å². The van der Waals surface area contributed by atoms with E-state index in [1.54, 1.807) is 24.3 Å². The molecule has 0 amide bonds. The highest BCUT2D eigenvalue weighted by Gasteiger charge is 2.33. The van der Waals surface area contributed by atoms with Crippen molar-refractivity contribution in [1.82, 2.24) is 0 Å². The van der Waals surface area contributed by atoms with Gasteiger partial charge in [-0.25, -0.2) is 9.59 Å². The highest BCUT2D eigenvalue weighted by atomic mass is 32.1. The molecule has 0 spiro atoms. The molecule has 0 saturated carbocycles. The molecule has 0 aliphatic rings. The van der Waals surface area contributed by atoms with Crippen LogP contribution in [0.5, 0.6) is 0 Å². The van der Waals surface area contributed by atoms with Crippen LogP contribution in [0.3, 0.4) is 0 Å². The second-order valence-electron chi connectivity index (χ2n) is 9.69. The van der Waals surface area contributed by atoms with Gasteiger partial charge in [0.25, 0.3) is 0 Å². The lowest BCUT2D eigenvalue weighted by Crippen LogP contribution is -2.46. The summed E-state index contributed by atoms with van der Waals surface area (Å²) in [4.78, 5) is 27.3. The van der Waals surface area contributed by atoms with Gasteiger partial charge in [-0.3, -0.25) is 0 Å². The van der Waals surface area contributed by atoms with Crippen molar-refractivity contribution in [2.45, 2.75) is 27.7 Å². The molecule has 0 bridgehead atoms. The van der Waals surface area contributed by atoms with Crippen molar-refractivity contribution >= 4 is 23.3 Å². The molecule has 0 atom stereocenters. The maximum Gasteiger partial charge on any atom is 0.349 e. The molecule has 0 radical (unpaired) electrons. The molecule has 37 heavy (non-hydrogen) atoms. The molecule has 9 heteroatoms. The molecule has 202 valence electrons. The van der Waals surface area contributed by atoms with Gasteiger partial charge in [0.1, 0.15) is 47.6 Å². The van der Waals surface area contributed by atoms with Gasteiger partial charge >= 0.3 is 11.9 Å². The quantitative estimate of drug-likeness (QED) is 0.200. The Labute approximate surface area is 223 Å². The van der Waals surface area contributed by atoms with E-state index < -0.39 is 11.9 Å². The van der Waals surface area contributed by atoms with Crippen LogP contribution in [0.4, 0.5) is 0 Å². The Kier molecular flexibility index (Phi) is 9.75. The smallest absolute Gasteiger partial charge is 0.349 e. The zero-order chi connectivity index (χ0) is 27.1. The predicted molar refractivity (Wildman–Crippen MR) is 145 cm³/mol. The lowest BCUT2D eigenvalue weighted by Gasteiger charge is -2.31. The largest absolute Gasteiger partial charge is 0.464 e. The molecular formula is C28H40N2O6S+2. The first-order valence-corrected chi connectivity index (χ1v) is 13.8. The molecule has 0 N–H and O–H groups in total. The molecule has 3 aromatic heterocycles. The number of hydrogen-bond acceptors (Lipinski definition) is 7. The SMILES string of the molecule is CC[N+](C)(CC)CCOC(=O)c1sc(C(=O)OCC[N+](C)(CC)CC)c(-c2ccco2)c1-c1ccco1. The molecule has 8 nitrogen and oxygen atoms in total. The molecule has 3 aromatic rings. The maximum atomic E-state index is 13.4. The van der Waals surface area contributed by atoms with Gasteiger partial charge in [-0.15, -0.1) is 11.3 Å². The molecule has 0 unspecified atom stereocenters. The van der Waals surface area contributed by atoms with Crippen LogP contribution < -0.4 is 0 Å². The van der Waals surface area contributed by atoms with Gasteiger partial charge < -0.3 is 27.3 Å². The zero-order valence-corrected chi connectivity index (χ0v) is 23.7. The minimum absolute atomic E-state index is 0.271. The van der Waals surface area contributed by atoms with Gasteiger partial charge in [0, 0.05) is 0 Å². The first kappa shape index (κ1) is 28.7. The van der Waals surface area contributed by atoms with E-state index in [2.05, 4.69) is 41.8 Å². The van der Waals surface area contributed by atoms with Crippen LogP contribution in [0.2, 0.25) is 0 Å². The number of esters is 2. The lowest BCUT2D eigenvalue weighted by atomic mass is 10.0. The average Bonchev–Trinajstić information content (AvgIpc) is 3.68. The third-order valence-corrected chi connectivity index (χ3v) is 8.75. The van der Waals surface area contributed by atoms with Crippen LogP contribution in [0, 0.1) is 0 Å². The van der Waals surface area contributed by atoms with Crippen LogP contribution in [0.1, 0.15) is 47.0 Å².